The van der Waals surface area contributed by atoms with E-state index in [1.807, 2.05) is 30.3 Å². The van der Waals surface area contributed by atoms with Gasteiger partial charge in [-0.3, -0.25) is 4.79 Å². The summed E-state index contributed by atoms with van der Waals surface area (Å²) in [5.74, 6) is -0.0709. The summed E-state index contributed by atoms with van der Waals surface area (Å²) in [5, 5.41) is 3.13. The molecule has 0 aliphatic carbocycles. The first kappa shape index (κ1) is 11.6. The molecule has 0 saturated carbocycles. The molecule has 1 heterocycles. The zero-order valence-electron chi connectivity index (χ0n) is 9.06. The molecular weight excluding hydrogens is 236 g/mol. The van der Waals surface area contributed by atoms with E-state index in [1.54, 1.807) is 18.3 Å². The molecule has 86 valence electrons. The molecule has 1 N–H and O–H groups in total. The third-order valence-corrected chi connectivity index (χ3v) is 2.42. The maximum absolute atomic E-state index is 11.7. The van der Waals surface area contributed by atoms with Gasteiger partial charge in [0.2, 0.25) is 5.91 Å². The van der Waals surface area contributed by atoms with Gasteiger partial charge in [-0.15, -0.1) is 0 Å². The molecule has 1 aromatic carbocycles. The fourth-order valence-electron chi connectivity index (χ4n) is 1.47. The summed E-state index contributed by atoms with van der Waals surface area (Å²) >= 11 is 5.73. The monoisotopic (exact) mass is 246 g/mol. The average molecular weight is 247 g/mol. The Hall–Kier alpha value is -1.87. The van der Waals surface area contributed by atoms with Crippen LogP contribution in [-0.4, -0.2) is 10.9 Å². The van der Waals surface area contributed by atoms with Crippen LogP contribution in [0.1, 0.15) is 5.56 Å². The van der Waals surface area contributed by atoms with Gasteiger partial charge >= 0.3 is 0 Å². The molecule has 0 fully saturated rings. The number of pyridine rings is 1. The number of aromatic nitrogens is 1. The number of nitrogens with one attached hydrogen (secondary N) is 1. The van der Waals surface area contributed by atoms with Crippen LogP contribution in [0.15, 0.2) is 48.7 Å². The van der Waals surface area contributed by atoms with Crippen molar-refractivity contribution in [3.63, 3.8) is 0 Å². The van der Waals surface area contributed by atoms with Crippen LogP contribution in [0.4, 0.5) is 5.69 Å². The molecule has 0 atom stereocenters. The molecule has 1 amide bonds. The van der Waals surface area contributed by atoms with Crippen LogP contribution >= 0.6 is 11.6 Å². The third kappa shape index (κ3) is 3.57. The Morgan fingerprint density at radius 2 is 2.00 bits per heavy atom. The summed E-state index contributed by atoms with van der Waals surface area (Å²) < 4.78 is 0. The van der Waals surface area contributed by atoms with Crippen molar-refractivity contribution in [2.75, 3.05) is 5.32 Å². The smallest absolute Gasteiger partial charge is 0.228 e. The number of halogens is 1. The van der Waals surface area contributed by atoms with E-state index in [4.69, 9.17) is 11.6 Å². The van der Waals surface area contributed by atoms with Crippen LogP contribution < -0.4 is 5.32 Å². The van der Waals surface area contributed by atoms with Gasteiger partial charge < -0.3 is 5.32 Å². The molecule has 0 aliphatic rings. The summed E-state index contributed by atoms with van der Waals surface area (Å²) in [6.07, 6.45) is 1.90. The molecule has 17 heavy (non-hydrogen) atoms. The number of nitrogens with zero attached hydrogens (tertiary/aromatic N) is 1. The molecule has 4 heteroatoms. The number of carbonyl (C=O) groups excluding carboxylic acids is 1. The highest BCUT2D eigenvalue weighted by atomic mass is 35.5. The van der Waals surface area contributed by atoms with Crippen LogP contribution in [0.2, 0.25) is 5.15 Å². The normalized spacial score (nSPS) is 9.94. The summed E-state index contributed by atoms with van der Waals surface area (Å²) in [6.45, 7) is 0. The van der Waals surface area contributed by atoms with Gasteiger partial charge in [0.15, 0.2) is 0 Å². The minimum Gasteiger partial charge on any atom is -0.326 e. The number of amides is 1. The highest BCUT2D eigenvalue weighted by molar-refractivity contribution is 6.29. The number of rotatable bonds is 3. The first-order valence-electron chi connectivity index (χ1n) is 5.19. The topological polar surface area (TPSA) is 42.0 Å². The van der Waals surface area contributed by atoms with E-state index in [0.717, 1.165) is 5.56 Å². The van der Waals surface area contributed by atoms with Gasteiger partial charge in [0.1, 0.15) is 5.15 Å². The van der Waals surface area contributed by atoms with Crippen LogP contribution in [0, 0.1) is 0 Å². The highest BCUT2D eigenvalue weighted by Gasteiger charge is 2.04. The molecule has 1 aromatic heterocycles. The van der Waals surface area contributed by atoms with Crippen molar-refractivity contribution in [2.24, 2.45) is 0 Å². The average Bonchev–Trinajstić information content (AvgIpc) is 2.30. The lowest BCUT2D eigenvalue weighted by molar-refractivity contribution is -0.115. The number of benzene rings is 1. The molecule has 0 saturated heterocycles. The van der Waals surface area contributed by atoms with Crippen LogP contribution in [0.25, 0.3) is 0 Å². The van der Waals surface area contributed by atoms with Crippen molar-refractivity contribution in [1.29, 1.82) is 0 Å². The van der Waals surface area contributed by atoms with Crippen LogP contribution in [0.5, 0.6) is 0 Å². The van der Waals surface area contributed by atoms with E-state index in [2.05, 4.69) is 10.3 Å². The Balaban J connectivity index is 1.98. The van der Waals surface area contributed by atoms with E-state index in [1.165, 1.54) is 0 Å². The van der Waals surface area contributed by atoms with Gasteiger partial charge in [-0.05, 0) is 17.7 Å². The van der Waals surface area contributed by atoms with Crippen molar-refractivity contribution in [3.8, 4) is 0 Å². The van der Waals surface area contributed by atoms with Crippen molar-refractivity contribution in [2.45, 2.75) is 6.42 Å². The summed E-state index contributed by atoms with van der Waals surface area (Å²) in [5.41, 5.74) is 1.64. The summed E-state index contributed by atoms with van der Waals surface area (Å²) in [6, 6.07) is 12.9. The Labute approximate surface area is 104 Å². The van der Waals surface area contributed by atoms with Gasteiger partial charge in [-0.2, -0.15) is 0 Å². The van der Waals surface area contributed by atoms with Gasteiger partial charge in [-0.25, -0.2) is 4.98 Å². The van der Waals surface area contributed by atoms with E-state index in [-0.39, 0.29) is 5.91 Å². The van der Waals surface area contributed by atoms with Crippen molar-refractivity contribution < 1.29 is 4.79 Å². The largest absolute Gasteiger partial charge is 0.326 e. The Morgan fingerprint density at radius 3 is 2.71 bits per heavy atom. The third-order valence-electron chi connectivity index (χ3n) is 2.22. The lowest BCUT2D eigenvalue weighted by atomic mass is 10.1. The molecule has 0 aliphatic heterocycles. The minimum absolute atomic E-state index is 0.0709. The van der Waals surface area contributed by atoms with E-state index in [9.17, 15) is 4.79 Å². The van der Waals surface area contributed by atoms with Gasteiger partial charge in [0.25, 0.3) is 0 Å². The van der Waals surface area contributed by atoms with Crippen LogP contribution in [-0.2, 0) is 11.2 Å². The molecule has 0 unspecified atom stereocenters. The van der Waals surface area contributed by atoms with Crippen molar-refractivity contribution in [3.05, 3.63) is 59.4 Å². The molecule has 0 spiro atoms. The standard InChI is InChI=1S/C13H11ClN2O/c14-12-9-11(6-7-15-12)16-13(17)8-10-4-2-1-3-5-10/h1-7,9H,8H2,(H,15,16,17). The van der Waals surface area contributed by atoms with E-state index >= 15 is 0 Å². The second kappa shape index (κ2) is 5.46. The predicted molar refractivity (Wildman–Crippen MR) is 68.0 cm³/mol. The molecule has 0 bridgehead atoms. The Bertz CT molecular complexity index is 514. The van der Waals surface area contributed by atoms with Crippen molar-refractivity contribution >= 4 is 23.2 Å². The maximum Gasteiger partial charge on any atom is 0.228 e. The first-order valence-corrected chi connectivity index (χ1v) is 5.57. The molecule has 3 nitrogen and oxygen atoms in total. The Morgan fingerprint density at radius 1 is 1.24 bits per heavy atom. The number of hydrogen-bond acceptors (Lipinski definition) is 2. The quantitative estimate of drug-likeness (QED) is 0.846. The van der Waals surface area contributed by atoms with Crippen molar-refractivity contribution in [1.82, 2.24) is 4.98 Å². The number of anilines is 1. The highest BCUT2D eigenvalue weighted by Crippen LogP contribution is 2.12. The maximum atomic E-state index is 11.7. The second-order valence-corrected chi connectivity index (χ2v) is 3.97. The summed E-state index contributed by atoms with van der Waals surface area (Å²) in [7, 11) is 0. The van der Waals surface area contributed by atoms with Gasteiger partial charge in [0.05, 0.1) is 6.42 Å². The zero-order chi connectivity index (χ0) is 12.1. The lowest BCUT2D eigenvalue weighted by Crippen LogP contribution is -2.14. The fourth-order valence-corrected chi connectivity index (χ4v) is 1.64. The Kier molecular flexibility index (Phi) is 3.73. The molecule has 0 radical (unpaired) electrons. The molecule has 2 rings (SSSR count). The number of hydrogen-bond donors (Lipinski definition) is 1. The predicted octanol–water partition coefficient (Wildman–Crippen LogP) is 2.92. The second-order valence-electron chi connectivity index (χ2n) is 3.58. The van der Waals surface area contributed by atoms with Gasteiger partial charge in [0, 0.05) is 11.9 Å². The zero-order valence-corrected chi connectivity index (χ0v) is 9.82. The molecular formula is C13H11ClN2O. The fraction of sp³-hybridized carbons (Fsp3) is 0.0769. The molecule has 2 aromatic rings. The van der Waals surface area contributed by atoms with Crippen LogP contribution in [0.3, 0.4) is 0 Å². The van der Waals surface area contributed by atoms with E-state index < -0.39 is 0 Å². The SMILES string of the molecule is O=C(Cc1ccccc1)Nc1ccnc(Cl)c1. The number of carbonyl (C=O) groups is 1. The van der Waals surface area contributed by atoms with Gasteiger partial charge in [-0.1, -0.05) is 41.9 Å². The summed E-state index contributed by atoms with van der Waals surface area (Å²) in [4.78, 5) is 15.6. The lowest BCUT2D eigenvalue weighted by Gasteiger charge is -2.05. The first-order chi connectivity index (χ1) is 8.24. The minimum atomic E-state index is -0.0709. The van der Waals surface area contributed by atoms with E-state index in [0.29, 0.717) is 17.3 Å².